The summed E-state index contributed by atoms with van der Waals surface area (Å²) in [5.74, 6) is -0.0573. The zero-order valence-electron chi connectivity index (χ0n) is 5.76. The number of Topliss-reactive ketones (excluding diaryl/α,β-unsaturated/α-hetero) is 1. The summed E-state index contributed by atoms with van der Waals surface area (Å²) in [6.07, 6.45) is 1.60. The topological polar surface area (TPSA) is 34.9 Å². The summed E-state index contributed by atoms with van der Waals surface area (Å²) in [6.45, 7) is 1.46. The summed E-state index contributed by atoms with van der Waals surface area (Å²) in [6, 6.07) is 0. The van der Waals surface area contributed by atoms with Crippen molar-refractivity contribution >= 4 is 17.4 Å². The standard InChI is InChI=1S/C6H7ClN2O/c1-4(10)5-3-9(2)8-6(5)7/h3H,1-2H3. The van der Waals surface area contributed by atoms with E-state index in [1.807, 2.05) is 0 Å². The number of halogens is 1. The molecular weight excluding hydrogens is 152 g/mol. The largest absolute Gasteiger partial charge is 0.294 e. The molecule has 0 aliphatic rings. The van der Waals surface area contributed by atoms with Gasteiger partial charge in [-0.15, -0.1) is 0 Å². The molecular formula is C6H7ClN2O. The number of rotatable bonds is 1. The molecule has 0 atom stereocenters. The molecule has 3 nitrogen and oxygen atoms in total. The van der Waals surface area contributed by atoms with E-state index < -0.39 is 0 Å². The molecule has 1 heterocycles. The Balaban J connectivity index is 3.15. The van der Waals surface area contributed by atoms with E-state index in [1.165, 1.54) is 11.6 Å². The molecule has 0 bridgehead atoms. The number of hydrogen-bond acceptors (Lipinski definition) is 2. The first-order chi connectivity index (χ1) is 4.61. The molecule has 10 heavy (non-hydrogen) atoms. The van der Waals surface area contributed by atoms with Crippen molar-refractivity contribution in [3.63, 3.8) is 0 Å². The molecule has 1 aromatic heterocycles. The van der Waals surface area contributed by atoms with Gasteiger partial charge in [-0.25, -0.2) is 0 Å². The van der Waals surface area contributed by atoms with Gasteiger partial charge in [-0.05, 0) is 6.92 Å². The van der Waals surface area contributed by atoms with Crippen molar-refractivity contribution in [2.75, 3.05) is 0 Å². The zero-order valence-corrected chi connectivity index (χ0v) is 6.51. The molecule has 0 aliphatic carbocycles. The summed E-state index contributed by atoms with van der Waals surface area (Å²) < 4.78 is 1.51. The number of ketones is 1. The van der Waals surface area contributed by atoms with Crippen LogP contribution < -0.4 is 0 Å². The number of carbonyl (C=O) groups excluding carboxylic acids is 1. The number of hydrogen-bond donors (Lipinski definition) is 0. The Hall–Kier alpha value is -0.830. The minimum absolute atomic E-state index is 0.0573. The quantitative estimate of drug-likeness (QED) is 0.577. The Bertz CT molecular complexity index is 267. The Kier molecular flexibility index (Phi) is 1.76. The van der Waals surface area contributed by atoms with E-state index in [2.05, 4.69) is 5.10 Å². The molecule has 0 saturated carbocycles. The number of nitrogens with zero attached hydrogens (tertiary/aromatic N) is 2. The second-order valence-corrected chi connectivity index (χ2v) is 2.42. The molecule has 0 amide bonds. The van der Waals surface area contributed by atoms with E-state index in [0.29, 0.717) is 5.56 Å². The van der Waals surface area contributed by atoms with Crippen LogP contribution in [0.25, 0.3) is 0 Å². The highest BCUT2D eigenvalue weighted by Gasteiger charge is 2.07. The predicted octanol–water partition coefficient (Wildman–Crippen LogP) is 1.28. The number of aryl methyl sites for hydroxylation is 1. The normalized spacial score (nSPS) is 9.90. The lowest BCUT2D eigenvalue weighted by Gasteiger charge is -1.83. The lowest BCUT2D eigenvalue weighted by Crippen LogP contribution is -1.89. The monoisotopic (exact) mass is 158 g/mol. The second-order valence-electron chi connectivity index (χ2n) is 2.06. The average Bonchev–Trinajstić information content (AvgIpc) is 2.10. The fourth-order valence-corrected chi connectivity index (χ4v) is 0.999. The Morgan fingerprint density at radius 3 is 2.60 bits per heavy atom. The summed E-state index contributed by atoms with van der Waals surface area (Å²) in [5.41, 5.74) is 0.476. The molecule has 0 spiro atoms. The van der Waals surface area contributed by atoms with E-state index in [9.17, 15) is 4.79 Å². The van der Waals surface area contributed by atoms with Gasteiger partial charge < -0.3 is 0 Å². The molecule has 0 N–H and O–H groups in total. The predicted molar refractivity (Wildman–Crippen MR) is 38.2 cm³/mol. The number of carbonyl (C=O) groups is 1. The number of aromatic nitrogens is 2. The lowest BCUT2D eigenvalue weighted by atomic mass is 10.3. The maximum atomic E-state index is 10.7. The molecule has 1 rings (SSSR count). The minimum Gasteiger partial charge on any atom is -0.294 e. The lowest BCUT2D eigenvalue weighted by molar-refractivity contribution is 0.101. The third-order valence-corrected chi connectivity index (χ3v) is 1.44. The van der Waals surface area contributed by atoms with Crippen molar-refractivity contribution in [1.82, 2.24) is 9.78 Å². The van der Waals surface area contributed by atoms with Gasteiger partial charge >= 0.3 is 0 Å². The van der Waals surface area contributed by atoms with E-state index in [-0.39, 0.29) is 10.9 Å². The molecule has 4 heteroatoms. The summed E-state index contributed by atoms with van der Waals surface area (Å²) in [5, 5.41) is 4.07. The van der Waals surface area contributed by atoms with Gasteiger partial charge in [0.15, 0.2) is 10.9 Å². The third-order valence-electron chi connectivity index (χ3n) is 1.16. The Morgan fingerprint density at radius 2 is 2.40 bits per heavy atom. The second kappa shape index (κ2) is 2.42. The van der Waals surface area contributed by atoms with Crippen molar-refractivity contribution in [1.29, 1.82) is 0 Å². The van der Waals surface area contributed by atoms with E-state index >= 15 is 0 Å². The smallest absolute Gasteiger partial charge is 0.164 e. The van der Waals surface area contributed by atoms with Gasteiger partial charge in [0.2, 0.25) is 0 Å². The maximum Gasteiger partial charge on any atom is 0.164 e. The van der Waals surface area contributed by atoms with E-state index in [0.717, 1.165) is 0 Å². The molecule has 0 saturated heterocycles. The first kappa shape index (κ1) is 7.28. The Morgan fingerprint density at radius 1 is 1.80 bits per heavy atom. The first-order valence-electron chi connectivity index (χ1n) is 2.81. The van der Waals surface area contributed by atoms with Crippen molar-refractivity contribution in [2.24, 2.45) is 7.05 Å². The highest BCUT2D eigenvalue weighted by molar-refractivity contribution is 6.32. The molecule has 0 radical (unpaired) electrons. The van der Waals surface area contributed by atoms with E-state index in [4.69, 9.17) is 11.6 Å². The minimum atomic E-state index is -0.0573. The van der Waals surface area contributed by atoms with E-state index in [1.54, 1.807) is 13.2 Å². The molecule has 0 unspecified atom stereocenters. The summed E-state index contributed by atoms with van der Waals surface area (Å²) in [4.78, 5) is 10.7. The third kappa shape index (κ3) is 1.19. The van der Waals surface area contributed by atoms with Crippen molar-refractivity contribution in [3.8, 4) is 0 Å². The van der Waals surface area contributed by atoms with Crippen LogP contribution in [0.5, 0.6) is 0 Å². The van der Waals surface area contributed by atoms with Crippen LogP contribution in [-0.4, -0.2) is 15.6 Å². The van der Waals surface area contributed by atoms with Gasteiger partial charge in [-0.2, -0.15) is 5.10 Å². The van der Waals surface area contributed by atoms with Crippen LogP contribution in [0.2, 0.25) is 5.15 Å². The average molecular weight is 159 g/mol. The Labute approximate surface area is 63.6 Å². The van der Waals surface area contributed by atoms with Crippen LogP contribution in [0.3, 0.4) is 0 Å². The van der Waals surface area contributed by atoms with Crippen LogP contribution in [0.15, 0.2) is 6.20 Å². The van der Waals surface area contributed by atoms with Gasteiger partial charge in [-0.3, -0.25) is 9.48 Å². The highest BCUT2D eigenvalue weighted by atomic mass is 35.5. The highest BCUT2D eigenvalue weighted by Crippen LogP contribution is 2.12. The zero-order chi connectivity index (χ0) is 7.72. The van der Waals surface area contributed by atoms with Crippen molar-refractivity contribution < 1.29 is 4.79 Å². The summed E-state index contributed by atoms with van der Waals surface area (Å²) in [7, 11) is 1.72. The molecule has 0 aliphatic heterocycles. The van der Waals surface area contributed by atoms with Crippen molar-refractivity contribution in [3.05, 3.63) is 16.9 Å². The van der Waals surface area contributed by atoms with Gasteiger partial charge in [-0.1, -0.05) is 11.6 Å². The van der Waals surface area contributed by atoms with Gasteiger partial charge in [0, 0.05) is 13.2 Å². The first-order valence-corrected chi connectivity index (χ1v) is 3.19. The molecule has 1 aromatic rings. The van der Waals surface area contributed by atoms with Crippen LogP contribution in [-0.2, 0) is 7.05 Å². The van der Waals surface area contributed by atoms with Crippen molar-refractivity contribution in [2.45, 2.75) is 6.92 Å². The van der Waals surface area contributed by atoms with Gasteiger partial charge in [0.1, 0.15) is 0 Å². The molecule has 54 valence electrons. The summed E-state index contributed by atoms with van der Waals surface area (Å²) >= 11 is 5.59. The van der Waals surface area contributed by atoms with Crippen LogP contribution in [0.4, 0.5) is 0 Å². The molecule has 0 aromatic carbocycles. The van der Waals surface area contributed by atoms with Crippen LogP contribution in [0.1, 0.15) is 17.3 Å². The SMILES string of the molecule is CC(=O)c1cn(C)nc1Cl. The molecule has 0 fully saturated rings. The van der Waals surface area contributed by atoms with Crippen LogP contribution in [0, 0.1) is 0 Å². The maximum absolute atomic E-state index is 10.7. The van der Waals surface area contributed by atoms with Gasteiger partial charge in [0.05, 0.1) is 5.56 Å². The van der Waals surface area contributed by atoms with Crippen LogP contribution >= 0.6 is 11.6 Å². The fraction of sp³-hybridized carbons (Fsp3) is 0.333. The van der Waals surface area contributed by atoms with Gasteiger partial charge in [0.25, 0.3) is 0 Å². The fourth-order valence-electron chi connectivity index (χ4n) is 0.697.